The van der Waals surface area contributed by atoms with Crippen molar-refractivity contribution in [2.75, 3.05) is 18.5 Å². The summed E-state index contributed by atoms with van der Waals surface area (Å²) in [5, 5.41) is 0. The second-order valence-corrected chi connectivity index (χ2v) is 8.13. The van der Waals surface area contributed by atoms with Crippen LogP contribution in [0.3, 0.4) is 0 Å². The van der Waals surface area contributed by atoms with E-state index in [0.29, 0.717) is 23.1 Å². The smallest absolute Gasteiger partial charge is 0.261 e. The van der Waals surface area contributed by atoms with Crippen molar-refractivity contribution in [2.45, 2.75) is 11.3 Å². The molecular weight excluding hydrogens is 399 g/mol. The monoisotopic (exact) mass is 412 g/mol. The zero-order chi connectivity index (χ0) is 17.5. The van der Waals surface area contributed by atoms with Gasteiger partial charge in [0, 0.05) is 16.7 Å². The number of rotatable bonds is 3. The molecule has 3 rings (SSSR count). The highest BCUT2D eigenvalue weighted by Crippen LogP contribution is 2.32. The maximum atomic E-state index is 14.0. The van der Waals surface area contributed by atoms with Gasteiger partial charge in [0.2, 0.25) is 10.0 Å². The van der Waals surface area contributed by atoms with Crippen molar-refractivity contribution in [2.24, 2.45) is 0 Å². The van der Waals surface area contributed by atoms with Gasteiger partial charge in [-0.15, -0.1) is 0 Å². The first-order valence-corrected chi connectivity index (χ1v) is 9.44. The number of anilines is 1. The molecule has 1 aliphatic rings. The quantitative estimate of drug-likeness (QED) is 0.842. The molecule has 1 heterocycles. The SMILES string of the molecule is CNS(=O)(=O)c1ccc2c(c1)CCN2C(=O)c1cc(Br)ccc1F. The molecule has 8 heteroatoms. The predicted molar refractivity (Wildman–Crippen MR) is 92.2 cm³/mol. The van der Waals surface area contributed by atoms with Gasteiger partial charge in [0.15, 0.2) is 0 Å². The number of halogens is 2. The summed E-state index contributed by atoms with van der Waals surface area (Å²) < 4.78 is 40.6. The normalized spacial score (nSPS) is 13.9. The Bertz CT molecular complexity index is 931. The molecule has 2 aromatic carbocycles. The largest absolute Gasteiger partial charge is 0.308 e. The summed E-state index contributed by atoms with van der Waals surface area (Å²) >= 11 is 3.23. The molecule has 0 bridgehead atoms. The summed E-state index contributed by atoms with van der Waals surface area (Å²) in [6, 6.07) is 8.77. The molecule has 0 fully saturated rings. The van der Waals surface area contributed by atoms with E-state index >= 15 is 0 Å². The maximum absolute atomic E-state index is 14.0. The Kier molecular flexibility index (Phi) is 4.46. The van der Waals surface area contributed by atoms with Crippen LogP contribution in [0.25, 0.3) is 0 Å². The number of fused-ring (bicyclic) bond motifs is 1. The van der Waals surface area contributed by atoms with Crippen LogP contribution < -0.4 is 9.62 Å². The fourth-order valence-corrected chi connectivity index (χ4v) is 3.82. The molecule has 0 radical (unpaired) electrons. The fraction of sp³-hybridized carbons (Fsp3) is 0.188. The third-order valence-corrected chi connectivity index (χ3v) is 5.83. The van der Waals surface area contributed by atoms with Gasteiger partial charge < -0.3 is 4.90 Å². The standard InChI is InChI=1S/C16H14BrFN2O3S/c1-19-24(22,23)12-3-5-15-10(8-12)6-7-20(15)16(21)13-9-11(17)2-4-14(13)18/h2-5,8-9,19H,6-7H2,1H3. The Morgan fingerprint density at radius 1 is 1.25 bits per heavy atom. The highest BCUT2D eigenvalue weighted by Gasteiger charge is 2.28. The fourth-order valence-electron chi connectivity index (χ4n) is 2.68. The molecule has 2 aromatic rings. The highest BCUT2D eigenvalue weighted by molar-refractivity contribution is 9.10. The Hall–Kier alpha value is -1.77. The van der Waals surface area contributed by atoms with Crippen molar-refractivity contribution >= 4 is 37.5 Å². The van der Waals surface area contributed by atoms with E-state index in [0.717, 1.165) is 5.56 Å². The Labute approximate surface area is 147 Å². The Morgan fingerprint density at radius 3 is 2.71 bits per heavy atom. The topological polar surface area (TPSA) is 66.5 Å². The van der Waals surface area contributed by atoms with E-state index in [1.54, 1.807) is 12.1 Å². The maximum Gasteiger partial charge on any atom is 0.261 e. The minimum absolute atomic E-state index is 0.0239. The second-order valence-electron chi connectivity index (χ2n) is 5.33. The van der Waals surface area contributed by atoms with Gasteiger partial charge in [-0.3, -0.25) is 4.79 Å². The summed E-state index contributed by atoms with van der Waals surface area (Å²) in [6.07, 6.45) is 0.518. The summed E-state index contributed by atoms with van der Waals surface area (Å²) in [6.45, 7) is 0.378. The van der Waals surface area contributed by atoms with Gasteiger partial charge in [0.05, 0.1) is 10.5 Å². The van der Waals surface area contributed by atoms with Crippen LogP contribution in [0, 0.1) is 5.82 Å². The van der Waals surface area contributed by atoms with E-state index in [9.17, 15) is 17.6 Å². The summed E-state index contributed by atoms with van der Waals surface area (Å²) in [5.41, 5.74) is 1.33. The van der Waals surface area contributed by atoms with Crippen molar-refractivity contribution in [3.05, 3.63) is 57.8 Å². The lowest BCUT2D eigenvalue weighted by Crippen LogP contribution is -2.29. The van der Waals surface area contributed by atoms with Crippen LogP contribution >= 0.6 is 15.9 Å². The van der Waals surface area contributed by atoms with E-state index in [4.69, 9.17) is 0 Å². The highest BCUT2D eigenvalue weighted by atomic mass is 79.9. The van der Waals surface area contributed by atoms with Crippen LogP contribution in [0.2, 0.25) is 0 Å². The number of nitrogens with one attached hydrogen (secondary N) is 1. The number of sulfonamides is 1. The van der Waals surface area contributed by atoms with Crippen LogP contribution in [0.4, 0.5) is 10.1 Å². The molecule has 1 N–H and O–H groups in total. The van der Waals surface area contributed by atoms with E-state index < -0.39 is 21.7 Å². The Balaban J connectivity index is 1.98. The molecule has 1 amide bonds. The van der Waals surface area contributed by atoms with Crippen LogP contribution in [0.1, 0.15) is 15.9 Å². The first-order chi connectivity index (χ1) is 11.3. The van der Waals surface area contributed by atoms with Crippen LogP contribution in [-0.2, 0) is 16.4 Å². The molecule has 0 saturated carbocycles. The van der Waals surface area contributed by atoms with Crippen molar-refractivity contribution in [1.82, 2.24) is 4.72 Å². The molecule has 5 nitrogen and oxygen atoms in total. The first kappa shape index (κ1) is 17.1. The summed E-state index contributed by atoms with van der Waals surface area (Å²) in [5.74, 6) is -1.04. The Morgan fingerprint density at radius 2 is 2.00 bits per heavy atom. The minimum atomic E-state index is -3.54. The average Bonchev–Trinajstić information content (AvgIpc) is 2.99. The molecule has 24 heavy (non-hydrogen) atoms. The summed E-state index contributed by atoms with van der Waals surface area (Å²) in [4.78, 5) is 14.3. The van der Waals surface area contributed by atoms with Gasteiger partial charge in [-0.2, -0.15) is 0 Å². The number of carbonyl (C=O) groups is 1. The van der Waals surface area contributed by atoms with Crippen molar-refractivity contribution in [1.29, 1.82) is 0 Å². The van der Waals surface area contributed by atoms with Crippen LogP contribution in [0.15, 0.2) is 45.8 Å². The molecule has 0 spiro atoms. The summed E-state index contributed by atoms with van der Waals surface area (Å²) in [7, 11) is -2.20. The predicted octanol–water partition coefficient (Wildman–Crippen LogP) is 2.70. The molecule has 0 saturated heterocycles. The second kappa shape index (κ2) is 6.27. The van der Waals surface area contributed by atoms with Crippen LogP contribution in [0.5, 0.6) is 0 Å². The van der Waals surface area contributed by atoms with Gasteiger partial charge in [-0.05, 0) is 55.4 Å². The minimum Gasteiger partial charge on any atom is -0.308 e. The van der Waals surface area contributed by atoms with Gasteiger partial charge in [0.25, 0.3) is 5.91 Å². The third kappa shape index (κ3) is 2.97. The van der Waals surface area contributed by atoms with Crippen molar-refractivity contribution < 1.29 is 17.6 Å². The van der Waals surface area contributed by atoms with E-state index in [-0.39, 0.29) is 10.5 Å². The number of hydrogen-bond donors (Lipinski definition) is 1. The number of hydrogen-bond acceptors (Lipinski definition) is 3. The third-order valence-electron chi connectivity index (χ3n) is 3.93. The number of carbonyl (C=O) groups excluding carboxylic acids is 1. The zero-order valence-electron chi connectivity index (χ0n) is 12.7. The molecule has 0 unspecified atom stereocenters. The van der Waals surface area contributed by atoms with Gasteiger partial charge in [0.1, 0.15) is 5.82 Å². The number of amides is 1. The van der Waals surface area contributed by atoms with E-state index in [1.807, 2.05) is 0 Å². The van der Waals surface area contributed by atoms with E-state index in [1.165, 1.54) is 36.2 Å². The molecule has 126 valence electrons. The lowest BCUT2D eigenvalue weighted by Gasteiger charge is -2.18. The van der Waals surface area contributed by atoms with E-state index in [2.05, 4.69) is 20.7 Å². The number of nitrogens with zero attached hydrogens (tertiary/aromatic N) is 1. The molecule has 0 aromatic heterocycles. The van der Waals surface area contributed by atoms with Gasteiger partial charge in [-0.1, -0.05) is 15.9 Å². The molecule has 1 aliphatic heterocycles. The number of benzene rings is 2. The van der Waals surface area contributed by atoms with Crippen molar-refractivity contribution in [3.8, 4) is 0 Å². The zero-order valence-corrected chi connectivity index (χ0v) is 15.1. The molecular formula is C16H14BrFN2O3S. The first-order valence-electron chi connectivity index (χ1n) is 7.17. The van der Waals surface area contributed by atoms with Crippen LogP contribution in [-0.4, -0.2) is 27.9 Å². The van der Waals surface area contributed by atoms with Gasteiger partial charge in [-0.25, -0.2) is 17.5 Å². The van der Waals surface area contributed by atoms with Crippen molar-refractivity contribution in [3.63, 3.8) is 0 Å². The average molecular weight is 413 g/mol. The lowest BCUT2D eigenvalue weighted by molar-refractivity contribution is 0.0985. The molecule has 0 atom stereocenters. The lowest BCUT2D eigenvalue weighted by atomic mass is 10.1. The van der Waals surface area contributed by atoms with Gasteiger partial charge >= 0.3 is 0 Å². The molecule has 0 aliphatic carbocycles.